The molecule has 0 unspecified atom stereocenters. The van der Waals surface area contributed by atoms with Gasteiger partial charge in [-0.3, -0.25) is 0 Å². The van der Waals surface area contributed by atoms with Crippen molar-refractivity contribution in [2.75, 3.05) is 0 Å². The van der Waals surface area contributed by atoms with Crippen LogP contribution in [-0.2, 0) is 6.54 Å². The van der Waals surface area contributed by atoms with E-state index in [9.17, 15) is 5.11 Å². The summed E-state index contributed by atoms with van der Waals surface area (Å²) < 4.78 is 2.03. The Bertz CT molecular complexity index is 811. The SMILES string of the molecule is CCCn1c(-c2cc(Cl)ccc2O)nc2cccc(Cl)c21. The van der Waals surface area contributed by atoms with Gasteiger partial charge in [0.2, 0.25) is 0 Å². The van der Waals surface area contributed by atoms with Gasteiger partial charge >= 0.3 is 0 Å². The zero-order valence-corrected chi connectivity index (χ0v) is 13.0. The maximum atomic E-state index is 10.1. The Hall–Kier alpha value is -1.71. The molecule has 3 nitrogen and oxygen atoms in total. The van der Waals surface area contributed by atoms with Gasteiger partial charge in [-0.25, -0.2) is 4.98 Å². The molecule has 3 rings (SSSR count). The Labute approximate surface area is 132 Å². The molecule has 3 aromatic rings. The van der Waals surface area contributed by atoms with E-state index < -0.39 is 0 Å². The third kappa shape index (κ3) is 2.47. The molecule has 0 aliphatic carbocycles. The summed E-state index contributed by atoms with van der Waals surface area (Å²) in [4.78, 5) is 4.62. The van der Waals surface area contributed by atoms with Crippen molar-refractivity contribution in [3.05, 3.63) is 46.4 Å². The number of hydrogen-bond acceptors (Lipinski definition) is 2. The predicted octanol–water partition coefficient (Wildman–Crippen LogP) is 5.13. The van der Waals surface area contributed by atoms with Crippen LogP contribution in [0, 0.1) is 0 Å². The molecule has 0 spiro atoms. The van der Waals surface area contributed by atoms with E-state index in [0.717, 1.165) is 24.0 Å². The molecule has 108 valence electrons. The summed E-state index contributed by atoms with van der Waals surface area (Å²) in [7, 11) is 0. The number of benzene rings is 2. The van der Waals surface area contributed by atoms with Crippen LogP contribution in [0.2, 0.25) is 10.0 Å². The fraction of sp³-hybridized carbons (Fsp3) is 0.188. The number of imidazole rings is 1. The minimum absolute atomic E-state index is 0.156. The summed E-state index contributed by atoms with van der Waals surface area (Å²) in [6.07, 6.45) is 0.936. The summed E-state index contributed by atoms with van der Waals surface area (Å²) in [6.45, 7) is 2.85. The van der Waals surface area contributed by atoms with Gasteiger partial charge in [0.15, 0.2) is 0 Å². The molecule has 1 heterocycles. The van der Waals surface area contributed by atoms with E-state index in [1.807, 2.05) is 22.8 Å². The number of phenols is 1. The molecule has 0 aliphatic rings. The molecular weight excluding hydrogens is 307 g/mol. The van der Waals surface area contributed by atoms with E-state index in [4.69, 9.17) is 23.2 Å². The van der Waals surface area contributed by atoms with Gasteiger partial charge in [0.1, 0.15) is 11.6 Å². The highest BCUT2D eigenvalue weighted by Gasteiger charge is 2.17. The standard InChI is InChI=1S/C16H14Cl2N2O/c1-2-8-20-15-12(18)4-3-5-13(15)19-16(20)11-9-10(17)6-7-14(11)21/h3-7,9,21H,2,8H2,1H3. The topological polar surface area (TPSA) is 38.0 Å². The van der Waals surface area contributed by atoms with Crippen LogP contribution in [0.25, 0.3) is 22.4 Å². The zero-order valence-electron chi connectivity index (χ0n) is 11.5. The van der Waals surface area contributed by atoms with Gasteiger partial charge in [-0.15, -0.1) is 0 Å². The highest BCUT2D eigenvalue weighted by atomic mass is 35.5. The number of hydrogen-bond donors (Lipinski definition) is 1. The molecule has 21 heavy (non-hydrogen) atoms. The lowest BCUT2D eigenvalue weighted by atomic mass is 10.2. The first-order chi connectivity index (χ1) is 10.1. The smallest absolute Gasteiger partial charge is 0.144 e. The fourth-order valence-electron chi connectivity index (χ4n) is 2.48. The molecule has 0 amide bonds. The molecule has 1 aromatic heterocycles. The van der Waals surface area contributed by atoms with E-state index in [-0.39, 0.29) is 5.75 Å². The molecule has 2 aromatic carbocycles. The zero-order chi connectivity index (χ0) is 15.0. The van der Waals surface area contributed by atoms with E-state index in [1.165, 1.54) is 0 Å². The van der Waals surface area contributed by atoms with Gasteiger partial charge < -0.3 is 9.67 Å². The number of nitrogens with zero attached hydrogens (tertiary/aromatic N) is 2. The monoisotopic (exact) mass is 320 g/mol. The highest BCUT2D eigenvalue weighted by Crippen LogP contribution is 2.35. The van der Waals surface area contributed by atoms with Crippen molar-refractivity contribution in [1.29, 1.82) is 0 Å². The van der Waals surface area contributed by atoms with Crippen molar-refractivity contribution < 1.29 is 5.11 Å². The van der Waals surface area contributed by atoms with Crippen LogP contribution in [0.15, 0.2) is 36.4 Å². The van der Waals surface area contributed by atoms with Crippen LogP contribution in [0.3, 0.4) is 0 Å². The Balaban J connectivity index is 2.34. The Morgan fingerprint density at radius 3 is 2.76 bits per heavy atom. The fourth-order valence-corrected chi connectivity index (χ4v) is 2.92. The lowest BCUT2D eigenvalue weighted by Crippen LogP contribution is -2.00. The Kier molecular flexibility index (Phi) is 3.79. The maximum absolute atomic E-state index is 10.1. The lowest BCUT2D eigenvalue weighted by molar-refractivity contribution is 0.476. The van der Waals surface area contributed by atoms with Crippen molar-refractivity contribution >= 4 is 34.2 Å². The van der Waals surface area contributed by atoms with Gasteiger partial charge in [0.25, 0.3) is 0 Å². The summed E-state index contributed by atoms with van der Waals surface area (Å²) in [5.74, 6) is 0.836. The van der Waals surface area contributed by atoms with Crippen LogP contribution in [0.5, 0.6) is 5.75 Å². The maximum Gasteiger partial charge on any atom is 0.144 e. The molecule has 0 bridgehead atoms. The first kappa shape index (κ1) is 14.2. The highest BCUT2D eigenvalue weighted by molar-refractivity contribution is 6.35. The van der Waals surface area contributed by atoms with Crippen molar-refractivity contribution in [2.24, 2.45) is 0 Å². The van der Waals surface area contributed by atoms with Gasteiger partial charge in [-0.1, -0.05) is 36.2 Å². The van der Waals surface area contributed by atoms with Crippen LogP contribution in [0.4, 0.5) is 0 Å². The van der Waals surface area contributed by atoms with Gasteiger partial charge in [0, 0.05) is 11.6 Å². The number of fused-ring (bicyclic) bond motifs is 1. The van der Waals surface area contributed by atoms with Crippen LogP contribution >= 0.6 is 23.2 Å². The van der Waals surface area contributed by atoms with Crippen molar-refractivity contribution in [1.82, 2.24) is 9.55 Å². The predicted molar refractivity (Wildman–Crippen MR) is 87.1 cm³/mol. The minimum atomic E-state index is 0.156. The number of aromatic nitrogens is 2. The third-order valence-electron chi connectivity index (χ3n) is 3.36. The summed E-state index contributed by atoms with van der Waals surface area (Å²) in [5.41, 5.74) is 2.31. The van der Waals surface area contributed by atoms with E-state index >= 15 is 0 Å². The van der Waals surface area contributed by atoms with E-state index in [2.05, 4.69) is 11.9 Å². The molecule has 0 aliphatic heterocycles. The van der Waals surface area contributed by atoms with Crippen molar-refractivity contribution in [3.8, 4) is 17.1 Å². The molecule has 5 heteroatoms. The second-order valence-corrected chi connectivity index (χ2v) is 5.70. The van der Waals surface area contributed by atoms with E-state index in [1.54, 1.807) is 18.2 Å². The van der Waals surface area contributed by atoms with Crippen LogP contribution < -0.4 is 0 Å². The summed E-state index contributed by atoms with van der Waals surface area (Å²) >= 11 is 12.4. The Morgan fingerprint density at radius 2 is 2.00 bits per heavy atom. The van der Waals surface area contributed by atoms with Crippen LogP contribution in [-0.4, -0.2) is 14.7 Å². The van der Waals surface area contributed by atoms with Crippen molar-refractivity contribution in [2.45, 2.75) is 19.9 Å². The molecule has 0 saturated carbocycles. The van der Waals surface area contributed by atoms with Gasteiger partial charge in [-0.05, 0) is 36.8 Å². The number of aryl methyl sites for hydroxylation is 1. The number of phenolic OH excluding ortho intramolecular Hbond substituents is 1. The Morgan fingerprint density at radius 1 is 1.19 bits per heavy atom. The molecule has 0 fully saturated rings. The largest absolute Gasteiger partial charge is 0.507 e. The molecular formula is C16H14Cl2N2O. The third-order valence-corrected chi connectivity index (χ3v) is 3.90. The van der Waals surface area contributed by atoms with Crippen molar-refractivity contribution in [3.63, 3.8) is 0 Å². The van der Waals surface area contributed by atoms with Gasteiger partial charge in [-0.2, -0.15) is 0 Å². The molecule has 0 atom stereocenters. The second-order valence-electron chi connectivity index (χ2n) is 4.86. The lowest BCUT2D eigenvalue weighted by Gasteiger charge is -2.10. The molecule has 1 N–H and O–H groups in total. The van der Waals surface area contributed by atoms with E-state index in [0.29, 0.717) is 21.4 Å². The first-order valence-electron chi connectivity index (χ1n) is 6.75. The number of para-hydroxylation sites is 1. The molecule has 0 saturated heterocycles. The summed E-state index contributed by atoms with van der Waals surface area (Å²) in [5, 5.41) is 11.3. The second kappa shape index (κ2) is 5.58. The van der Waals surface area contributed by atoms with Crippen LogP contribution in [0.1, 0.15) is 13.3 Å². The average Bonchev–Trinajstić information content (AvgIpc) is 2.82. The number of halogens is 2. The number of aromatic hydroxyl groups is 1. The average molecular weight is 321 g/mol. The normalized spacial score (nSPS) is 11.2. The minimum Gasteiger partial charge on any atom is -0.507 e. The summed E-state index contributed by atoms with van der Waals surface area (Å²) in [6, 6.07) is 10.6. The van der Waals surface area contributed by atoms with Gasteiger partial charge in [0.05, 0.1) is 21.6 Å². The number of rotatable bonds is 3. The first-order valence-corrected chi connectivity index (χ1v) is 7.51. The quantitative estimate of drug-likeness (QED) is 0.726. The molecule has 0 radical (unpaired) electrons.